The van der Waals surface area contributed by atoms with E-state index in [0.29, 0.717) is 0 Å². The number of hydrogen-bond acceptors (Lipinski definition) is 2. The molecule has 0 aromatic carbocycles. The fraction of sp³-hybridized carbons (Fsp3) is 0.333. The second kappa shape index (κ2) is 2.66. The van der Waals surface area contributed by atoms with Crippen LogP contribution in [0.15, 0.2) is 0 Å². The lowest BCUT2D eigenvalue weighted by Gasteiger charge is -2.06. The molecule has 0 rings (SSSR count). The van der Waals surface area contributed by atoms with Crippen LogP contribution in [0.1, 0.15) is 0 Å². The molecule has 0 atom stereocenters. The second-order valence-electron chi connectivity index (χ2n) is 1.18. The predicted molar refractivity (Wildman–Crippen MR) is 35.9 cm³/mol. The normalized spacial score (nSPS) is 10.9. The van der Waals surface area contributed by atoms with Crippen molar-refractivity contribution in [2.24, 2.45) is 0 Å². The van der Waals surface area contributed by atoms with Crippen molar-refractivity contribution in [1.29, 1.82) is 0 Å². The Bertz CT molecular complexity index is 136. The highest BCUT2D eigenvalue weighted by molar-refractivity contribution is 9.26. The Morgan fingerprint density at radius 2 is 1.33 bits per heavy atom. The lowest BCUT2D eigenvalue weighted by molar-refractivity contribution is -0.147. The van der Waals surface area contributed by atoms with Crippen molar-refractivity contribution in [3.05, 3.63) is 0 Å². The molecule has 4 nitrogen and oxygen atoms in total. The lowest BCUT2D eigenvalue weighted by atomic mass is 10.4. The molecular weight excluding hydrogens is 260 g/mol. The van der Waals surface area contributed by atoms with Crippen molar-refractivity contribution in [3.8, 4) is 0 Å². The van der Waals surface area contributed by atoms with Crippen LogP contribution in [-0.2, 0) is 9.59 Å². The summed E-state index contributed by atoms with van der Waals surface area (Å²) in [5.41, 5.74) is 0. The maximum absolute atomic E-state index is 9.99. The Hall–Kier alpha value is -0.100. The molecule has 0 aliphatic heterocycles. The second-order valence-corrected chi connectivity index (χ2v) is 4.63. The molecule has 9 heavy (non-hydrogen) atoms. The predicted octanol–water partition coefficient (Wildman–Crippen LogP) is 0.642. The summed E-state index contributed by atoms with van der Waals surface area (Å²) in [6.07, 6.45) is 0. The Balaban J connectivity index is 4.38. The van der Waals surface area contributed by atoms with Crippen LogP contribution in [-0.4, -0.2) is 25.4 Å². The molecule has 0 unspecified atom stereocenters. The summed E-state index contributed by atoms with van der Waals surface area (Å²) in [4.78, 5) is 20.0. The summed E-state index contributed by atoms with van der Waals surface area (Å²) >= 11 is 4.86. The Morgan fingerprint density at radius 1 is 1.11 bits per heavy atom. The van der Waals surface area contributed by atoms with Gasteiger partial charge in [-0.3, -0.25) is 0 Å². The monoisotopic (exact) mass is 260 g/mol. The van der Waals surface area contributed by atoms with Gasteiger partial charge in [0.2, 0.25) is 0 Å². The minimum Gasteiger partial charge on any atom is -0.479 e. The van der Waals surface area contributed by atoms with Gasteiger partial charge in [-0.15, -0.1) is 0 Å². The maximum atomic E-state index is 9.99. The third-order valence-corrected chi connectivity index (χ3v) is 1.89. The van der Waals surface area contributed by atoms with Gasteiger partial charge in [-0.2, -0.15) is 0 Å². The Morgan fingerprint density at radius 3 is 1.33 bits per heavy atom. The van der Waals surface area contributed by atoms with Crippen LogP contribution in [0.3, 0.4) is 0 Å². The van der Waals surface area contributed by atoms with Gasteiger partial charge in [-0.25, -0.2) is 9.59 Å². The first kappa shape index (κ1) is 8.90. The Labute approximate surface area is 67.1 Å². The maximum Gasteiger partial charge on any atom is 0.343 e. The number of carbonyl (C=O) groups is 2. The van der Waals surface area contributed by atoms with Crippen molar-refractivity contribution in [2.75, 3.05) is 0 Å². The lowest BCUT2D eigenvalue weighted by Crippen LogP contribution is -2.33. The van der Waals surface area contributed by atoms with Gasteiger partial charge in [0, 0.05) is 0 Å². The molecule has 2 N–H and O–H groups in total. The largest absolute Gasteiger partial charge is 0.479 e. The van der Waals surface area contributed by atoms with E-state index in [1.165, 1.54) is 0 Å². The van der Waals surface area contributed by atoms with Crippen LogP contribution in [0.25, 0.3) is 0 Å². The summed E-state index contributed by atoms with van der Waals surface area (Å²) in [5.74, 6) is -2.98. The molecule has 0 spiro atoms. The molecule has 0 aliphatic carbocycles. The molecular formula is C3H2Br2O4. The number of halogens is 2. The highest BCUT2D eigenvalue weighted by Crippen LogP contribution is 2.26. The van der Waals surface area contributed by atoms with Gasteiger partial charge in [0.05, 0.1) is 0 Å². The number of rotatable bonds is 2. The zero-order valence-corrected chi connectivity index (χ0v) is 7.14. The van der Waals surface area contributed by atoms with Crippen molar-refractivity contribution >= 4 is 43.8 Å². The third-order valence-electron chi connectivity index (χ3n) is 0.537. The number of hydrogen-bond donors (Lipinski definition) is 2. The summed E-state index contributed by atoms with van der Waals surface area (Å²) in [7, 11) is 0. The first-order valence-electron chi connectivity index (χ1n) is 1.73. The van der Waals surface area contributed by atoms with E-state index >= 15 is 0 Å². The fourth-order valence-electron chi connectivity index (χ4n) is 0.0915. The summed E-state index contributed by atoms with van der Waals surface area (Å²) in [6, 6.07) is 0. The van der Waals surface area contributed by atoms with E-state index in [2.05, 4.69) is 31.9 Å². The average Bonchev–Trinajstić information content (AvgIpc) is 1.65. The van der Waals surface area contributed by atoms with Gasteiger partial charge in [-0.05, 0) is 31.9 Å². The van der Waals surface area contributed by atoms with Crippen LogP contribution in [0.2, 0.25) is 0 Å². The van der Waals surface area contributed by atoms with Crippen LogP contribution < -0.4 is 0 Å². The molecule has 52 valence electrons. The smallest absolute Gasteiger partial charge is 0.343 e. The van der Waals surface area contributed by atoms with Crippen molar-refractivity contribution < 1.29 is 19.8 Å². The number of carboxylic acid groups (broad SMARTS) is 2. The molecule has 0 fully saturated rings. The van der Waals surface area contributed by atoms with E-state index < -0.39 is 15.2 Å². The van der Waals surface area contributed by atoms with E-state index in [1.54, 1.807) is 0 Å². The zero-order chi connectivity index (χ0) is 7.65. The molecule has 0 aromatic rings. The van der Waals surface area contributed by atoms with Gasteiger partial charge >= 0.3 is 11.9 Å². The van der Waals surface area contributed by atoms with Crippen molar-refractivity contribution in [2.45, 2.75) is 3.23 Å². The minimum absolute atomic E-state index is 1.49. The van der Waals surface area contributed by atoms with Crippen molar-refractivity contribution in [1.82, 2.24) is 0 Å². The highest BCUT2D eigenvalue weighted by Gasteiger charge is 2.41. The highest BCUT2D eigenvalue weighted by atomic mass is 79.9. The van der Waals surface area contributed by atoms with E-state index in [9.17, 15) is 9.59 Å². The van der Waals surface area contributed by atoms with E-state index in [-0.39, 0.29) is 0 Å². The van der Waals surface area contributed by atoms with Gasteiger partial charge in [0.1, 0.15) is 0 Å². The van der Waals surface area contributed by atoms with Gasteiger partial charge in [0.15, 0.2) is 0 Å². The molecule has 0 radical (unpaired) electrons. The summed E-state index contributed by atoms with van der Waals surface area (Å²) in [5, 5.41) is 16.3. The number of aliphatic carboxylic acids is 2. The van der Waals surface area contributed by atoms with E-state index in [4.69, 9.17) is 10.2 Å². The fourth-order valence-corrected chi connectivity index (χ4v) is 0.0915. The third kappa shape index (κ3) is 1.94. The van der Waals surface area contributed by atoms with E-state index in [1.807, 2.05) is 0 Å². The molecule has 0 saturated heterocycles. The molecule has 0 aromatic heterocycles. The van der Waals surface area contributed by atoms with Crippen LogP contribution in [0.5, 0.6) is 0 Å². The average molecular weight is 262 g/mol. The quantitative estimate of drug-likeness (QED) is 0.565. The molecule has 0 bridgehead atoms. The van der Waals surface area contributed by atoms with E-state index in [0.717, 1.165) is 0 Å². The zero-order valence-electron chi connectivity index (χ0n) is 3.97. The number of carboxylic acids is 2. The molecule has 6 heteroatoms. The Kier molecular flexibility index (Phi) is 2.63. The molecule has 0 heterocycles. The summed E-state index contributed by atoms with van der Waals surface area (Å²) < 4.78 is -2.04. The topological polar surface area (TPSA) is 74.6 Å². The first-order chi connectivity index (χ1) is 3.89. The van der Waals surface area contributed by atoms with Gasteiger partial charge < -0.3 is 10.2 Å². The standard InChI is InChI=1S/C3H2Br2O4/c4-3(5,1(6)7)2(8)9/h(H,6,7)(H,8,9). The van der Waals surface area contributed by atoms with Gasteiger partial charge in [-0.1, -0.05) is 0 Å². The SMILES string of the molecule is O=C(O)C(Br)(Br)C(=O)O. The van der Waals surface area contributed by atoms with Crippen LogP contribution in [0, 0.1) is 0 Å². The molecule has 0 amide bonds. The van der Waals surface area contributed by atoms with Crippen molar-refractivity contribution in [3.63, 3.8) is 0 Å². The van der Waals surface area contributed by atoms with Gasteiger partial charge in [0.25, 0.3) is 3.23 Å². The minimum atomic E-state index is -2.04. The summed E-state index contributed by atoms with van der Waals surface area (Å²) in [6.45, 7) is 0. The van der Waals surface area contributed by atoms with Crippen LogP contribution in [0.4, 0.5) is 0 Å². The number of alkyl halides is 2. The first-order valence-corrected chi connectivity index (χ1v) is 3.32. The molecule has 0 aliphatic rings. The van der Waals surface area contributed by atoms with Crippen LogP contribution >= 0.6 is 31.9 Å². The molecule has 0 saturated carbocycles.